The van der Waals surface area contributed by atoms with Crippen LogP contribution in [0.25, 0.3) is 5.69 Å². The summed E-state index contributed by atoms with van der Waals surface area (Å²) in [7, 11) is 0. The van der Waals surface area contributed by atoms with Crippen molar-refractivity contribution in [3.05, 3.63) is 65.5 Å². The van der Waals surface area contributed by atoms with E-state index in [0.717, 1.165) is 25.2 Å². The van der Waals surface area contributed by atoms with E-state index in [4.69, 9.17) is 4.98 Å². The van der Waals surface area contributed by atoms with Crippen LogP contribution in [0.3, 0.4) is 0 Å². The van der Waals surface area contributed by atoms with E-state index in [-0.39, 0.29) is 6.04 Å². The second-order valence-electron chi connectivity index (χ2n) is 6.82. The van der Waals surface area contributed by atoms with Crippen LogP contribution in [0.4, 0.5) is 0 Å². The molecule has 0 radical (unpaired) electrons. The number of aryl methyl sites for hydroxylation is 1. The van der Waals surface area contributed by atoms with Crippen LogP contribution in [-0.4, -0.2) is 37.7 Å². The molecule has 1 N–H and O–H groups in total. The van der Waals surface area contributed by atoms with Gasteiger partial charge >= 0.3 is 0 Å². The number of aromatic nitrogens is 4. The molecule has 1 aromatic carbocycles. The molecular weight excluding hydrogens is 310 g/mol. The van der Waals surface area contributed by atoms with Crippen molar-refractivity contribution >= 4 is 0 Å². The van der Waals surface area contributed by atoms with Gasteiger partial charge in [-0.25, -0.2) is 9.67 Å². The van der Waals surface area contributed by atoms with E-state index in [0.29, 0.717) is 0 Å². The molecule has 4 rings (SSSR count). The Kier molecular flexibility index (Phi) is 4.40. The number of nitrogens with zero attached hydrogens (tertiary/aromatic N) is 4. The van der Waals surface area contributed by atoms with E-state index in [2.05, 4.69) is 47.0 Å². The highest BCUT2D eigenvalue weighted by molar-refractivity contribution is 5.48. The van der Waals surface area contributed by atoms with Crippen molar-refractivity contribution in [2.24, 2.45) is 0 Å². The molecular formula is C20H25N5. The molecule has 5 nitrogen and oxygen atoms in total. The van der Waals surface area contributed by atoms with E-state index in [1.165, 1.54) is 35.4 Å². The zero-order valence-electron chi connectivity index (χ0n) is 14.9. The summed E-state index contributed by atoms with van der Waals surface area (Å²) >= 11 is 0. The number of fused-ring (bicyclic) bond motifs is 1. The average molecular weight is 335 g/mol. The van der Waals surface area contributed by atoms with Crippen LogP contribution >= 0.6 is 0 Å². The SMILES string of the molecule is CCCCN1CCc2[nH]cnc2[C@H]1c1cc(C)ccc1-n1cccn1. The van der Waals surface area contributed by atoms with Gasteiger partial charge in [-0.2, -0.15) is 5.10 Å². The minimum atomic E-state index is 0.181. The Hall–Kier alpha value is -2.40. The van der Waals surface area contributed by atoms with Crippen LogP contribution in [0.1, 0.15) is 48.3 Å². The van der Waals surface area contributed by atoms with Gasteiger partial charge in [0.1, 0.15) is 0 Å². The van der Waals surface area contributed by atoms with Gasteiger partial charge in [-0.1, -0.05) is 31.0 Å². The Bertz CT molecular complexity index is 834. The number of nitrogens with one attached hydrogen (secondary N) is 1. The van der Waals surface area contributed by atoms with Crippen molar-refractivity contribution in [1.29, 1.82) is 0 Å². The zero-order chi connectivity index (χ0) is 17.2. The molecule has 0 amide bonds. The van der Waals surface area contributed by atoms with Crippen LogP contribution in [-0.2, 0) is 6.42 Å². The first kappa shape index (κ1) is 16.1. The van der Waals surface area contributed by atoms with Gasteiger partial charge in [-0.3, -0.25) is 4.90 Å². The van der Waals surface area contributed by atoms with Gasteiger partial charge in [0, 0.05) is 36.6 Å². The molecule has 25 heavy (non-hydrogen) atoms. The molecule has 0 bridgehead atoms. The maximum atomic E-state index is 4.70. The lowest BCUT2D eigenvalue weighted by molar-refractivity contribution is 0.206. The lowest BCUT2D eigenvalue weighted by atomic mass is 9.93. The molecule has 0 fully saturated rings. The summed E-state index contributed by atoms with van der Waals surface area (Å²) in [5, 5.41) is 4.47. The molecule has 0 spiro atoms. The minimum Gasteiger partial charge on any atom is -0.348 e. The Morgan fingerprint density at radius 2 is 2.24 bits per heavy atom. The number of H-pyrrole nitrogens is 1. The second-order valence-corrected chi connectivity index (χ2v) is 6.82. The van der Waals surface area contributed by atoms with Crippen molar-refractivity contribution in [3.8, 4) is 5.69 Å². The average Bonchev–Trinajstić information content (AvgIpc) is 3.30. The molecule has 5 heteroatoms. The highest BCUT2D eigenvalue weighted by Crippen LogP contribution is 2.36. The first-order chi connectivity index (χ1) is 12.3. The Morgan fingerprint density at radius 1 is 1.32 bits per heavy atom. The van der Waals surface area contributed by atoms with Gasteiger partial charge in [0.2, 0.25) is 0 Å². The predicted octanol–water partition coefficient (Wildman–Crippen LogP) is 3.65. The largest absolute Gasteiger partial charge is 0.348 e. The van der Waals surface area contributed by atoms with Crippen LogP contribution < -0.4 is 0 Å². The maximum absolute atomic E-state index is 4.70. The van der Waals surface area contributed by atoms with Gasteiger partial charge in [-0.05, 0) is 32.0 Å². The van der Waals surface area contributed by atoms with E-state index >= 15 is 0 Å². The second kappa shape index (κ2) is 6.84. The van der Waals surface area contributed by atoms with Gasteiger partial charge in [0.05, 0.1) is 23.8 Å². The molecule has 3 heterocycles. The van der Waals surface area contributed by atoms with Crippen molar-refractivity contribution in [3.63, 3.8) is 0 Å². The molecule has 1 aliphatic heterocycles. The number of imidazole rings is 1. The van der Waals surface area contributed by atoms with E-state index < -0.39 is 0 Å². The van der Waals surface area contributed by atoms with Gasteiger partial charge in [0.25, 0.3) is 0 Å². The smallest absolute Gasteiger partial charge is 0.0926 e. The van der Waals surface area contributed by atoms with Crippen molar-refractivity contribution in [1.82, 2.24) is 24.6 Å². The zero-order valence-corrected chi connectivity index (χ0v) is 14.9. The van der Waals surface area contributed by atoms with E-state index in [1.54, 1.807) is 0 Å². The van der Waals surface area contributed by atoms with Crippen molar-refractivity contribution in [2.45, 2.75) is 39.2 Å². The lowest BCUT2D eigenvalue weighted by Crippen LogP contribution is -2.37. The third kappa shape index (κ3) is 3.00. The summed E-state index contributed by atoms with van der Waals surface area (Å²) in [6.45, 7) is 6.56. The topological polar surface area (TPSA) is 49.7 Å². The number of benzene rings is 1. The summed E-state index contributed by atoms with van der Waals surface area (Å²) in [6.07, 6.45) is 9.14. The van der Waals surface area contributed by atoms with Crippen molar-refractivity contribution in [2.75, 3.05) is 13.1 Å². The van der Waals surface area contributed by atoms with E-state index in [1.807, 2.05) is 29.5 Å². The summed E-state index contributed by atoms with van der Waals surface area (Å²) in [5.74, 6) is 0. The highest BCUT2D eigenvalue weighted by Gasteiger charge is 2.32. The fourth-order valence-corrected chi connectivity index (χ4v) is 3.78. The molecule has 2 aromatic heterocycles. The minimum absolute atomic E-state index is 0.181. The van der Waals surface area contributed by atoms with Crippen LogP contribution in [0.15, 0.2) is 43.0 Å². The fourth-order valence-electron chi connectivity index (χ4n) is 3.78. The Labute approximate surface area is 148 Å². The Balaban J connectivity index is 1.84. The molecule has 0 unspecified atom stereocenters. The Morgan fingerprint density at radius 3 is 3.04 bits per heavy atom. The molecule has 3 aromatic rings. The molecule has 0 aliphatic carbocycles. The molecule has 1 aliphatic rings. The molecule has 0 saturated carbocycles. The monoisotopic (exact) mass is 335 g/mol. The highest BCUT2D eigenvalue weighted by atomic mass is 15.3. The fraction of sp³-hybridized carbons (Fsp3) is 0.400. The maximum Gasteiger partial charge on any atom is 0.0926 e. The third-order valence-electron chi connectivity index (χ3n) is 5.05. The molecule has 0 saturated heterocycles. The van der Waals surface area contributed by atoms with Crippen LogP contribution in [0.5, 0.6) is 0 Å². The number of aromatic amines is 1. The first-order valence-electron chi connectivity index (χ1n) is 9.14. The lowest BCUT2D eigenvalue weighted by Gasteiger charge is -2.36. The van der Waals surface area contributed by atoms with Gasteiger partial charge < -0.3 is 4.98 Å². The van der Waals surface area contributed by atoms with Crippen LogP contribution in [0.2, 0.25) is 0 Å². The summed E-state index contributed by atoms with van der Waals surface area (Å²) in [6, 6.07) is 8.78. The first-order valence-corrected chi connectivity index (χ1v) is 9.14. The van der Waals surface area contributed by atoms with Gasteiger partial charge in [0.15, 0.2) is 0 Å². The quantitative estimate of drug-likeness (QED) is 0.774. The van der Waals surface area contributed by atoms with E-state index in [9.17, 15) is 0 Å². The molecule has 130 valence electrons. The summed E-state index contributed by atoms with van der Waals surface area (Å²) in [5.41, 5.74) is 6.13. The number of hydrogen-bond acceptors (Lipinski definition) is 3. The predicted molar refractivity (Wildman–Crippen MR) is 98.9 cm³/mol. The normalized spacial score (nSPS) is 17.6. The van der Waals surface area contributed by atoms with Crippen LogP contribution in [0, 0.1) is 6.92 Å². The summed E-state index contributed by atoms with van der Waals surface area (Å²) in [4.78, 5) is 10.6. The number of unbranched alkanes of at least 4 members (excludes halogenated alkanes) is 1. The third-order valence-corrected chi connectivity index (χ3v) is 5.05. The number of hydrogen-bond donors (Lipinski definition) is 1. The van der Waals surface area contributed by atoms with Gasteiger partial charge in [-0.15, -0.1) is 0 Å². The summed E-state index contributed by atoms with van der Waals surface area (Å²) < 4.78 is 1.97. The van der Waals surface area contributed by atoms with Crippen molar-refractivity contribution < 1.29 is 0 Å². The standard InChI is InChI=1S/C20H25N5/c1-3-4-10-24-12-8-17-19(22-14-21-17)20(24)16-13-15(2)6-7-18(16)25-11-5-9-23-25/h5-7,9,11,13-14,20H,3-4,8,10,12H2,1-2H3,(H,21,22)/t20-/m1/s1. The molecule has 1 atom stereocenters. The number of rotatable bonds is 5.